The van der Waals surface area contributed by atoms with Gasteiger partial charge in [-0.15, -0.1) is 11.8 Å². The fraction of sp³-hybridized carbons (Fsp3) is 0.176. The van der Waals surface area contributed by atoms with Gasteiger partial charge in [-0.25, -0.2) is 4.98 Å². The van der Waals surface area contributed by atoms with Crippen molar-refractivity contribution in [2.45, 2.75) is 4.90 Å². The van der Waals surface area contributed by atoms with Crippen molar-refractivity contribution in [3.05, 3.63) is 42.0 Å². The van der Waals surface area contributed by atoms with E-state index in [2.05, 4.69) is 10.3 Å². The smallest absolute Gasteiger partial charge is 0.257 e. The minimum absolute atomic E-state index is 0.168. The van der Waals surface area contributed by atoms with Gasteiger partial charge in [-0.1, -0.05) is 11.3 Å². The zero-order valence-electron chi connectivity index (χ0n) is 12.9. The van der Waals surface area contributed by atoms with Crippen LogP contribution < -0.4 is 14.8 Å². The van der Waals surface area contributed by atoms with Crippen molar-refractivity contribution in [3.63, 3.8) is 0 Å². The number of nitrogens with one attached hydrogen (secondary N) is 1. The van der Waals surface area contributed by atoms with Gasteiger partial charge in [0.25, 0.3) is 5.91 Å². The summed E-state index contributed by atoms with van der Waals surface area (Å²) in [5.41, 5.74) is 1.40. The molecule has 2 heterocycles. The summed E-state index contributed by atoms with van der Waals surface area (Å²) in [5.74, 6) is 1.26. The van der Waals surface area contributed by atoms with E-state index in [1.807, 2.05) is 42.7 Å². The van der Waals surface area contributed by atoms with Crippen LogP contribution in [0.15, 0.2) is 41.3 Å². The Morgan fingerprint density at radius 1 is 1.17 bits per heavy atom. The number of rotatable bonds is 3. The Balaban J connectivity index is 1.58. The third kappa shape index (κ3) is 2.92. The summed E-state index contributed by atoms with van der Waals surface area (Å²) in [7, 11) is 0. The van der Waals surface area contributed by atoms with Gasteiger partial charge in [0.05, 0.1) is 10.2 Å². The molecule has 7 heteroatoms. The molecule has 1 aliphatic heterocycles. The Bertz CT molecular complexity index is 863. The highest BCUT2D eigenvalue weighted by molar-refractivity contribution is 7.98. The normalized spacial score (nSPS) is 13.0. The Labute approximate surface area is 147 Å². The molecule has 2 aromatic carbocycles. The van der Waals surface area contributed by atoms with Crippen molar-refractivity contribution in [3.8, 4) is 11.5 Å². The van der Waals surface area contributed by atoms with Crippen LogP contribution in [0.1, 0.15) is 10.4 Å². The highest BCUT2D eigenvalue weighted by Crippen LogP contribution is 2.37. The van der Waals surface area contributed by atoms with Gasteiger partial charge in [-0.3, -0.25) is 10.1 Å². The summed E-state index contributed by atoms with van der Waals surface area (Å²) in [6, 6.07) is 11.2. The lowest BCUT2D eigenvalue weighted by Gasteiger charge is -2.17. The molecule has 0 bridgehead atoms. The Morgan fingerprint density at radius 2 is 1.88 bits per heavy atom. The van der Waals surface area contributed by atoms with E-state index in [0.717, 1.165) is 20.9 Å². The molecular formula is C17H14N2O3S2. The number of carbonyl (C=O) groups is 1. The molecule has 1 aromatic heterocycles. The number of fused-ring (bicyclic) bond motifs is 2. The topological polar surface area (TPSA) is 60.5 Å². The second-order valence-electron chi connectivity index (χ2n) is 5.17. The number of thioether (sulfide) groups is 1. The molecule has 0 saturated heterocycles. The number of aromatic nitrogens is 1. The van der Waals surface area contributed by atoms with Crippen LogP contribution in [-0.4, -0.2) is 30.4 Å². The van der Waals surface area contributed by atoms with E-state index in [-0.39, 0.29) is 5.91 Å². The maximum absolute atomic E-state index is 12.3. The maximum atomic E-state index is 12.3. The fourth-order valence-electron chi connectivity index (χ4n) is 2.43. The molecule has 0 spiro atoms. The zero-order chi connectivity index (χ0) is 16.5. The lowest BCUT2D eigenvalue weighted by molar-refractivity contribution is 0.102. The van der Waals surface area contributed by atoms with Crippen molar-refractivity contribution >= 4 is 44.4 Å². The van der Waals surface area contributed by atoms with Gasteiger partial charge >= 0.3 is 0 Å². The van der Waals surface area contributed by atoms with Crippen molar-refractivity contribution in [2.75, 3.05) is 24.8 Å². The van der Waals surface area contributed by atoms with Crippen molar-refractivity contribution in [1.29, 1.82) is 0 Å². The minimum atomic E-state index is -0.168. The molecule has 0 radical (unpaired) electrons. The van der Waals surface area contributed by atoms with Crippen LogP contribution >= 0.6 is 23.1 Å². The third-order valence-corrected chi connectivity index (χ3v) is 5.30. The van der Waals surface area contributed by atoms with E-state index >= 15 is 0 Å². The second-order valence-corrected chi connectivity index (χ2v) is 7.08. The minimum Gasteiger partial charge on any atom is -0.486 e. The number of hydrogen-bond acceptors (Lipinski definition) is 6. The van der Waals surface area contributed by atoms with E-state index in [4.69, 9.17) is 9.47 Å². The van der Waals surface area contributed by atoms with Gasteiger partial charge in [-0.2, -0.15) is 0 Å². The highest BCUT2D eigenvalue weighted by Gasteiger charge is 2.16. The maximum Gasteiger partial charge on any atom is 0.257 e. The quantitative estimate of drug-likeness (QED) is 0.716. The largest absolute Gasteiger partial charge is 0.486 e. The van der Waals surface area contributed by atoms with E-state index < -0.39 is 0 Å². The molecule has 0 saturated carbocycles. The number of anilines is 1. The molecule has 0 aliphatic carbocycles. The predicted octanol–water partition coefficient (Wildman–Crippen LogP) is 4.04. The van der Waals surface area contributed by atoms with Crippen LogP contribution in [0.2, 0.25) is 0 Å². The molecular weight excluding hydrogens is 344 g/mol. The molecule has 0 fully saturated rings. The van der Waals surface area contributed by atoms with E-state index in [1.54, 1.807) is 11.8 Å². The molecule has 0 atom stereocenters. The van der Waals surface area contributed by atoms with Gasteiger partial charge < -0.3 is 9.47 Å². The SMILES string of the molecule is CSc1ccc(C(=O)Nc2nc3cc4c(cc3s2)OCCO4)cc1. The van der Waals surface area contributed by atoms with E-state index in [9.17, 15) is 4.79 Å². The molecule has 24 heavy (non-hydrogen) atoms. The number of amides is 1. The summed E-state index contributed by atoms with van der Waals surface area (Å²) < 4.78 is 12.1. The lowest BCUT2D eigenvalue weighted by Crippen LogP contribution is -2.15. The Morgan fingerprint density at radius 3 is 2.58 bits per heavy atom. The number of nitrogens with zero attached hydrogens (tertiary/aromatic N) is 1. The number of benzene rings is 2. The van der Waals surface area contributed by atoms with Crippen LogP contribution in [0.5, 0.6) is 11.5 Å². The summed E-state index contributed by atoms with van der Waals surface area (Å²) >= 11 is 3.06. The van der Waals surface area contributed by atoms with E-state index in [0.29, 0.717) is 29.7 Å². The fourth-order valence-corrected chi connectivity index (χ4v) is 3.71. The number of thiazole rings is 1. The van der Waals surface area contributed by atoms with Crippen LogP contribution in [0.3, 0.4) is 0 Å². The Kier molecular flexibility index (Phi) is 4.03. The predicted molar refractivity (Wildman–Crippen MR) is 96.8 cm³/mol. The van der Waals surface area contributed by atoms with Crippen molar-refractivity contribution < 1.29 is 14.3 Å². The van der Waals surface area contributed by atoms with Gasteiger partial charge in [0.1, 0.15) is 13.2 Å². The first-order chi connectivity index (χ1) is 11.7. The lowest BCUT2D eigenvalue weighted by atomic mass is 10.2. The van der Waals surface area contributed by atoms with Crippen LogP contribution in [0.25, 0.3) is 10.2 Å². The van der Waals surface area contributed by atoms with Crippen LogP contribution in [-0.2, 0) is 0 Å². The molecule has 0 unspecified atom stereocenters. The average Bonchev–Trinajstić information content (AvgIpc) is 3.00. The second kappa shape index (κ2) is 6.33. The summed E-state index contributed by atoms with van der Waals surface area (Å²) in [6.45, 7) is 1.09. The molecule has 1 amide bonds. The molecule has 1 aliphatic rings. The van der Waals surface area contributed by atoms with Gasteiger partial charge in [0, 0.05) is 22.6 Å². The van der Waals surface area contributed by atoms with Gasteiger partial charge in [0.2, 0.25) is 0 Å². The molecule has 5 nitrogen and oxygen atoms in total. The van der Waals surface area contributed by atoms with Gasteiger partial charge in [0.15, 0.2) is 16.6 Å². The molecule has 3 aromatic rings. The molecule has 122 valence electrons. The van der Waals surface area contributed by atoms with Crippen molar-refractivity contribution in [1.82, 2.24) is 4.98 Å². The first-order valence-electron chi connectivity index (χ1n) is 7.38. The summed E-state index contributed by atoms with van der Waals surface area (Å²) in [5, 5.41) is 3.42. The number of hydrogen-bond donors (Lipinski definition) is 1. The first-order valence-corrected chi connectivity index (χ1v) is 9.42. The average molecular weight is 358 g/mol. The third-order valence-electron chi connectivity index (χ3n) is 3.63. The zero-order valence-corrected chi connectivity index (χ0v) is 14.5. The summed E-state index contributed by atoms with van der Waals surface area (Å²) in [6.07, 6.45) is 2.00. The first kappa shape index (κ1) is 15.3. The van der Waals surface area contributed by atoms with E-state index in [1.165, 1.54) is 11.3 Å². The summed E-state index contributed by atoms with van der Waals surface area (Å²) in [4.78, 5) is 17.9. The standard InChI is InChI=1S/C17H14N2O3S2/c1-23-11-4-2-10(3-5-11)16(20)19-17-18-12-8-13-14(9-15(12)24-17)22-7-6-21-13/h2-5,8-9H,6-7H2,1H3,(H,18,19,20). The van der Waals surface area contributed by atoms with Crippen molar-refractivity contribution in [2.24, 2.45) is 0 Å². The highest BCUT2D eigenvalue weighted by atomic mass is 32.2. The number of ether oxygens (including phenoxy) is 2. The monoisotopic (exact) mass is 358 g/mol. The molecule has 4 rings (SSSR count). The van der Waals surface area contributed by atoms with Gasteiger partial charge in [-0.05, 0) is 30.5 Å². The molecule has 1 N–H and O–H groups in total. The Hall–Kier alpha value is -2.25. The number of carbonyl (C=O) groups excluding carboxylic acids is 1. The van der Waals surface area contributed by atoms with Crippen LogP contribution in [0, 0.1) is 0 Å². The van der Waals surface area contributed by atoms with Crippen LogP contribution in [0.4, 0.5) is 5.13 Å².